The van der Waals surface area contributed by atoms with Gasteiger partial charge >= 0.3 is 0 Å². The molecule has 0 aliphatic carbocycles. The Balaban J connectivity index is 2.52. The molecule has 6 heteroatoms. The number of hydrogen-bond acceptors (Lipinski definition) is 5. The Morgan fingerprint density at radius 1 is 1.40 bits per heavy atom. The minimum absolute atomic E-state index is 0.454. The number of ether oxygens (including phenoxy) is 1. The van der Waals surface area contributed by atoms with Gasteiger partial charge in [0.1, 0.15) is 5.75 Å². The molecule has 2 aromatic rings. The molecule has 0 bridgehead atoms. The Morgan fingerprint density at radius 3 is 2.80 bits per heavy atom. The second kappa shape index (κ2) is 4.16. The SMILES string of the molecule is COc1cc(Br)ccc1-c1nnc(N)s1. The van der Waals surface area contributed by atoms with E-state index in [-0.39, 0.29) is 0 Å². The predicted molar refractivity (Wildman–Crippen MR) is 64.0 cm³/mol. The second-order valence-electron chi connectivity index (χ2n) is 2.79. The van der Waals surface area contributed by atoms with E-state index in [9.17, 15) is 0 Å². The highest BCUT2D eigenvalue weighted by molar-refractivity contribution is 9.10. The summed E-state index contributed by atoms with van der Waals surface area (Å²) in [5.41, 5.74) is 6.43. The van der Waals surface area contributed by atoms with Crippen LogP contribution >= 0.6 is 27.3 Å². The van der Waals surface area contributed by atoms with Crippen LogP contribution < -0.4 is 10.5 Å². The number of aromatic nitrogens is 2. The number of methoxy groups -OCH3 is 1. The van der Waals surface area contributed by atoms with Gasteiger partial charge in [0, 0.05) is 4.47 Å². The van der Waals surface area contributed by atoms with Gasteiger partial charge in [0.25, 0.3) is 0 Å². The topological polar surface area (TPSA) is 61.0 Å². The van der Waals surface area contributed by atoms with Gasteiger partial charge < -0.3 is 10.5 Å². The van der Waals surface area contributed by atoms with Crippen LogP contribution in [0.25, 0.3) is 10.6 Å². The van der Waals surface area contributed by atoms with Crippen LogP contribution in [0.4, 0.5) is 5.13 Å². The molecule has 0 unspecified atom stereocenters. The van der Waals surface area contributed by atoms with Crippen LogP contribution in [0.1, 0.15) is 0 Å². The minimum Gasteiger partial charge on any atom is -0.496 e. The van der Waals surface area contributed by atoms with E-state index < -0.39 is 0 Å². The number of nitrogens with two attached hydrogens (primary N) is 1. The van der Waals surface area contributed by atoms with Crippen molar-refractivity contribution in [3.63, 3.8) is 0 Å². The standard InChI is InChI=1S/C9H8BrN3OS/c1-14-7-4-5(10)2-3-6(7)8-12-13-9(11)15-8/h2-4H,1H3,(H2,11,13). The lowest BCUT2D eigenvalue weighted by molar-refractivity contribution is 0.416. The molecule has 0 saturated carbocycles. The molecule has 0 saturated heterocycles. The van der Waals surface area contributed by atoms with Gasteiger partial charge in [-0.2, -0.15) is 0 Å². The zero-order valence-corrected chi connectivity index (χ0v) is 10.3. The first-order chi connectivity index (χ1) is 7.20. The Hall–Kier alpha value is -1.14. The van der Waals surface area contributed by atoms with Crippen LogP contribution in [0.2, 0.25) is 0 Å². The molecule has 0 aliphatic rings. The molecule has 1 aromatic carbocycles. The molecule has 0 atom stereocenters. The molecular formula is C9H8BrN3OS. The van der Waals surface area contributed by atoms with Crippen molar-refractivity contribution < 1.29 is 4.74 Å². The quantitative estimate of drug-likeness (QED) is 0.921. The lowest BCUT2D eigenvalue weighted by atomic mass is 10.2. The summed E-state index contributed by atoms with van der Waals surface area (Å²) in [6.07, 6.45) is 0. The number of benzene rings is 1. The number of rotatable bonds is 2. The first-order valence-electron chi connectivity index (χ1n) is 4.13. The summed E-state index contributed by atoms with van der Waals surface area (Å²) in [5.74, 6) is 0.750. The molecule has 1 aromatic heterocycles. The maximum atomic E-state index is 5.53. The van der Waals surface area contributed by atoms with E-state index in [0.717, 1.165) is 20.8 Å². The molecule has 0 radical (unpaired) electrons. The van der Waals surface area contributed by atoms with Crippen molar-refractivity contribution in [1.29, 1.82) is 0 Å². The first-order valence-corrected chi connectivity index (χ1v) is 5.74. The van der Waals surface area contributed by atoms with E-state index in [4.69, 9.17) is 10.5 Å². The van der Waals surface area contributed by atoms with Crippen LogP contribution in [0.15, 0.2) is 22.7 Å². The fourth-order valence-electron chi connectivity index (χ4n) is 1.19. The molecule has 78 valence electrons. The third kappa shape index (κ3) is 2.10. The van der Waals surface area contributed by atoms with E-state index in [1.165, 1.54) is 11.3 Å². The molecule has 15 heavy (non-hydrogen) atoms. The van der Waals surface area contributed by atoms with Gasteiger partial charge in [-0.15, -0.1) is 10.2 Å². The van der Waals surface area contributed by atoms with Crippen molar-refractivity contribution in [3.8, 4) is 16.3 Å². The highest BCUT2D eigenvalue weighted by Gasteiger charge is 2.10. The molecule has 1 heterocycles. The van der Waals surface area contributed by atoms with Crippen molar-refractivity contribution >= 4 is 32.4 Å². The van der Waals surface area contributed by atoms with Crippen LogP contribution in [-0.4, -0.2) is 17.3 Å². The number of nitrogen functional groups attached to an aromatic ring is 1. The summed E-state index contributed by atoms with van der Waals surface area (Å²) in [7, 11) is 1.62. The summed E-state index contributed by atoms with van der Waals surface area (Å²) in [6.45, 7) is 0. The smallest absolute Gasteiger partial charge is 0.203 e. The summed E-state index contributed by atoms with van der Waals surface area (Å²) in [6, 6.07) is 5.73. The highest BCUT2D eigenvalue weighted by atomic mass is 79.9. The average Bonchev–Trinajstić information content (AvgIpc) is 2.64. The lowest BCUT2D eigenvalue weighted by Crippen LogP contribution is -1.87. The van der Waals surface area contributed by atoms with E-state index in [1.54, 1.807) is 7.11 Å². The van der Waals surface area contributed by atoms with Crippen LogP contribution in [0.5, 0.6) is 5.75 Å². The number of nitrogens with zero attached hydrogens (tertiary/aromatic N) is 2. The second-order valence-corrected chi connectivity index (χ2v) is 4.71. The molecule has 4 nitrogen and oxygen atoms in total. The van der Waals surface area contributed by atoms with Gasteiger partial charge in [0.05, 0.1) is 12.7 Å². The van der Waals surface area contributed by atoms with Crippen molar-refractivity contribution in [2.24, 2.45) is 0 Å². The fraction of sp³-hybridized carbons (Fsp3) is 0.111. The maximum Gasteiger partial charge on any atom is 0.203 e. The Bertz CT molecular complexity index is 486. The summed E-state index contributed by atoms with van der Waals surface area (Å²) in [4.78, 5) is 0. The van der Waals surface area contributed by atoms with Gasteiger partial charge in [-0.1, -0.05) is 27.3 Å². The normalized spacial score (nSPS) is 10.3. The average molecular weight is 286 g/mol. The third-order valence-corrected chi connectivity index (χ3v) is 3.11. The van der Waals surface area contributed by atoms with Gasteiger partial charge in [0.2, 0.25) is 5.13 Å². The van der Waals surface area contributed by atoms with Crippen LogP contribution in [-0.2, 0) is 0 Å². The van der Waals surface area contributed by atoms with E-state index >= 15 is 0 Å². The van der Waals surface area contributed by atoms with E-state index in [2.05, 4.69) is 26.1 Å². The Labute approximate surface area is 99.2 Å². The zero-order valence-electron chi connectivity index (χ0n) is 7.90. The zero-order chi connectivity index (χ0) is 10.8. The molecule has 0 spiro atoms. The van der Waals surface area contributed by atoms with Gasteiger partial charge in [-0.3, -0.25) is 0 Å². The van der Waals surface area contributed by atoms with Crippen LogP contribution in [0.3, 0.4) is 0 Å². The maximum absolute atomic E-state index is 5.53. The number of hydrogen-bond donors (Lipinski definition) is 1. The third-order valence-electron chi connectivity index (χ3n) is 1.83. The number of anilines is 1. The van der Waals surface area contributed by atoms with Crippen LogP contribution in [0, 0.1) is 0 Å². The van der Waals surface area contributed by atoms with E-state index in [0.29, 0.717) is 5.13 Å². The highest BCUT2D eigenvalue weighted by Crippen LogP contribution is 2.34. The predicted octanol–water partition coefficient (Wildman–Crippen LogP) is 2.56. The fourth-order valence-corrected chi connectivity index (χ4v) is 2.17. The molecule has 0 fully saturated rings. The summed E-state index contributed by atoms with van der Waals surface area (Å²) >= 11 is 4.71. The molecule has 2 rings (SSSR count). The molecular weight excluding hydrogens is 278 g/mol. The summed E-state index contributed by atoms with van der Waals surface area (Å²) < 4.78 is 6.22. The van der Waals surface area contributed by atoms with Crippen molar-refractivity contribution in [3.05, 3.63) is 22.7 Å². The Morgan fingerprint density at radius 2 is 2.20 bits per heavy atom. The van der Waals surface area contributed by atoms with Gasteiger partial charge in [-0.25, -0.2) is 0 Å². The van der Waals surface area contributed by atoms with Gasteiger partial charge in [0.15, 0.2) is 5.01 Å². The van der Waals surface area contributed by atoms with Crippen molar-refractivity contribution in [1.82, 2.24) is 10.2 Å². The summed E-state index contributed by atoms with van der Waals surface area (Å²) in [5, 5.41) is 8.96. The van der Waals surface area contributed by atoms with Crippen molar-refractivity contribution in [2.45, 2.75) is 0 Å². The monoisotopic (exact) mass is 285 g/mol. The van der Waals surface area contributed by atoms with Gasteiger partial charge in [-0.05, 0) is 18.2 Å². The lowest BCUT2D eigenvalue weighted by Gasteiger charge is -2.05. The minimum atomic E-state index is 0.454. The largest absolute Gasteiger partial charge is 0.496 e. The first kappa shape index (κ1) is 10.4. The molecule has 0 amide bonds. The van der Waals surface area contributed by atoms with E-state index in [1.807, 2.05) is 18.2 Å². The molecule has 2 N–H and O–H groups in total. The number of halogens is 1. The van der Waals surface area contributed by atoms with Crippen molar-refractivity contribution in [2.75, 3.05) is 12.8 Å². The molecule has 0 aliphatic heterocycles. The Kier molecular flexibility index (Phi) is 2.88.